The molecule has 0 nitrogen and oxygen atoms in total. The Bertz CT molecular complexity index is 125. The molecule has 0 N–H and O–H groups in total. The standard InChI is InChI=1S/C8H14Si/c1-4-5-6-7-8-9(2)3/h4,9H,1,5-6H2,2-3H3. The Labute approximate surface area is 59.6 Å². The van der Waals surface area contributed by atoms with Gasteiger partial charge < -0.3 is 0 Å². The van der Waals surface area contributed by atoms with Crippen molar-refractivity contribution in [3.8, 4) is 11.5 Å². The lowest BCUT2D eigenvalue weighted by Gasteiger charge is -1.83. The van der Waals surface area contributed by atoms with Crippen molar-refractivity contribution in [2.45, 2.75) is 25.9 Å². The first kappa shape index (κ1) is 8.52. The van der Waals surface area contributed by atoms with E-state index in [4.69, 9.17) is 0 Å². The fraction of sp³-hybridized carbons (Fsp3) is 0.500. The Morgan fingerprint density at radius 3 is 2.67 bits per heavy atom. The molecular weight excluding hydrogens is 124 g/mol. The van der Waals surface area contributed by atoms with Crippen molar-refractivity contribution < 1.29 is 0 Å². The Balaban J connectivity index is 3.26. The van der Waals surface area contributed by atoms with Crippen molar-refractivity contribution in [2.75, 3.05) is 0 Å². The van der Waals surface area contributed by atoms with E-state index in [1.54, 1.807) is 0 Å². The number of allylic oxidation sites excluding steroid dienone is 1. The number of unbranched alkanes of at least 4 members (excludes halogenated alkanes) is 1. The summed E-state index contributed by atoms with van der Waals surface area (Å²) in [6.07, 6.45) is 3.94. The molecule has 0 atom stereocenters. The minimum absolute atomic E-state index is 0.609. The molecule has 0 saturated heterocycles. The third kappa shape index (κ3) is 7.52. The molecule has 0 spiro atoms. The molecule has 0 aromatic carbocycles. The van der Waals surface area contributed by atoms with E-state index < -0.39 is 8.80 Å². The molecule has 9 heavy (non-hydrogen) atoms. The van der Waals surface area contributed by atoms with Crippen molar-refractivity contribution in [3.05, 3.63) is 12.7 Å². The normalized spacial score (nSPS) is 8.33. The van der Waals surface area contributed by atoms with Gasteiger partial charge in [0, 0.05) is 6.42 Å². The Morgan fingerprint density at radius 1 is 1.56 bits per heavy atom. The fourth-order valence-electron chi connectivity index (χ4n) is 0.451. The second-order valence-corrected chi connectivity index (χ2v) is 4.90. The molecule has 0 fully saturated rings. The van der Waals surface area contributed by atoms with E-state index in [2.05, 4.69) is 31.1 Å². The van der Waals surface area contributed by atoms with E-state index in [-0.39, 0.29) is 0 Å². The summed E-state index contributed by atoms with van der Waals surface area (Å²) in [6, 6.07) is 0. The van der Waals surface area contributed by atoms with Gasteiger partial charge in [-0.1, -0.05) is 19.2 Å². The number of hydrogen-bond acceptors (Lipinski definition) is 0. The summed E-state index contributed by atoms with van der Waals surface area (Å²) in [5.41, 5.74) is 3.22. The summed E-state index contributed by atoms with van der Waals surface area (Å²) in [6.45, 7) is 8.09. The Hall–Kier alpha value is -0.483. The predicted octanol–water partition coefficient (Wildman–Crippen LogP) is 1.98. The molecule has 0 bridgehead atoms. The molecule has 0 aromatic rings. The van der Waals surface area contributed by atoms with Crippen LogP contribution in [0, 0.1) is 11.5 Å². The van der Waals surface area contributed by atoms with Gasteiger partial charge in [-0.15, -0.1) is 18.0 Å². The second kappa shape index (κ2) is 5.65. The lowest BCUT2D eigenvalue weighted by molar-refractivity contribution is 1.09. The van der Waals surface area contributed by atoms with E-state index in [1.807, 2.05) is 6.08 Å². The van der Waals surface area contributed by atoms with Crippen LogP contribution in [0.2, 0.25) is 13.1 Å². The average Bonchev–Trinajstić information content (AvgIpc) is 1.80. The first-order valence-corrected chi connectivity index (χ1v) is 6.25. The van der Waals surface area contributed by atoms with Gasteiger partial charge in [0.2, 0.25) is 0 Å². The molecular formula is C8H14Si. The zero-order chi connectivity index (χ0) is 7.11. The third-order valence-corrected chi connectivity index (χ3v) is 1.65. The number of hydrogen-bond donors (Lipinski definition) is 0. The maximum absolute atomic E-state index is 3.62. The molecule has 50 valence electrons. The molecule has 0 rings (SSSR count). The zero-order valence-corrected chi connectivity index (χ0v) is 7.43. The Morgan fingerprint density at radius 2 is 2.22 bits per heavy atom. The first-order chi connectivity index (χ1) is 4.27. The highest BCUT2D eigenvalue weighted by Gasteiger charge is 1.82. The highest BCUT2D eigenvalue weighted by atomic mass is 28.3. The second-order valence-electron chi connectivity index (χ2n) is 2.30. The average molecular weight is 138 g/mol. The van der Waals surface area contributed by atoms with Crippen LogP contribution in [0.25, 0.3) is 0 Å². The molecule has 0 unspecified atom stereocenters. The van der Waals surface area contributed by atoms with Crippen LogP contribution in [0.1, 0.15) is 12.8 Å². The molecule has 0 aromatic heterocycles. The smallest absolute Gasteiger partial charge is 0.116 e. The van der Waals surface area contributed by atoms with Crippen molar-refractivity contribution in [1.82, 2.24) is 0 Å². The minimum Gasteiger partial charge on any atom is -0.136 e. The summed E-state index contributed by atoms with van der Waals surface area (Å²) in [5, 5.41) is 0. The van der Waals surface area contributed by atoms with Gasteiger partial charge >= 0.3 is 0 Å². The van der Waals surface area contributed by atoms with Crippen molar-refractivity contribution in [2.24, 2.45) is 0 Å². The van der Waals surface area contributed by atoms with Gasteiger partial charge in [0.15, 0.2) is 0 Å². The SMILES string of the molecule is C=CCCC#C[SiH](C)C. The van der Waals surface area contributed by atoms with Gasteiger partial charge in [0.1, 0.15) is 8.80 Å². The van der Waals surface area contributed by atoms with Crippen molar-refractivity contribution >= 4 is 8.80 Å². The maximum Gasteiger partial charge on any atom is 0.116 e. The highest BCUT2D eigenvalue weighted by Crippen LogP contribution is 1.85. The number of rotatable bonds is 2. The molecule has 0 radical (unpaired) electrons. The van der Waals surface area contributed by atoms with Gasteiger partial charge in [-0.3, -0.25) is 0 Å². The lowest BCUT2D eigenvalue weighted by atomic mass is 10.3. The summed E-state index contributed by atoms with van der Waals surface area (Å²) >= 11 is 0. The fourth-order valence-corrected chi connectivity index (χ4v) is 1.00. The van der Waals surface area contributed by atoms with Gasteiger partial charge in [-0.2, -0.15) is 0 Å². The van der Waals surface area contributed by atoms with E-state index in [0.717, 1.165) is 12.8 Å². The first-order valence-electron chi connectivity index (χ1n) is 3.36. The van der Waals surface area contributed by atoms with E-state index in [9.17, 15) is 0 Å². The minimum atomic E-state index is -0.609. The molecule has 0 aliphatic rings. The highest BCUT2D eigenvalue weighted by molar-refractivity contribution is 6.64. The van der Waals surface area contributed by atoms with E-state index >= 15 is 0 Å². The molecule has 0 aliphatic carbocycles. The van der Waals surface area contributed by atoms with Crippen LogP contribution in [0.5, 0.6) is 0 Å². The van der Waals surface area contributed by atoms with Crippen LogP contribution in [0.3, 0.4) is 0 Å². The van der Waals surface area contributed by atoms with E-state index in [1.165, 1.54) is 0 Å². The lowest BCUT2D eigenvalue weighted by Crippen LogP contribution is -1.92. The Kier molecular flexibility index (Phi) is 5.35. The predicted molar refractivity (Wildman–Crippen MR) is 46.1 cm³/mol. The van der Waals surface area contributed by atoms with Crippen LogP contribution in [0.4, 0.5) is 0 Å². The quantitative estimate of drug-likeness (QED) is 0.237. The van der Waals surface area contributed by atoms with Crippen LogP contribution in [-0.2, 0) is 0 Å². The van der Waals surface area contributed by atoms with Crippen LogP contribution in [0.15, 0.2) is 12.7 Å². The monoisotopic (exact) mass is 138 g/mol. The van der Waals surface area contributed by atoms with Crippen LogP contribution in [-0.4, -0.2) is 8.80 Å². The van der Waals surface area contributed by atoms with Crippen LogP contribution >= 0.6 is 0 Å². The zero-order valence-electron chi connectivity index (χ0n) is 6.28. The van der Waals surface area contributed by atoms with Gasteiger partial charge in [-0.25, -0.2) is 0 Å². The van der Waals surface area contributed by atoms with Crippen molar-refractivity contribution in [3.63, 3.8) is 0 Å². The summed E-state index contributed by atoms with van der Waals surface area (Å²) in [5.74, 6) is 3.13. The molecule has 0 amide bonds. The maximum atomic E-state index is 3.62. The summed E-state index contributed by atoms with van der Waals surface area (Å²) in [7, 11) is -0.609. The summed E-state index contributed by atoms with van der Waals surface area (Å²) < 4.78 is 0. The van der Waals surface area contributed by atoms with E-state index in [0.29, 0.717) is 0 Å². The van der Waals surface area contributed by atoms with Gasteiger partial charge in [-0.05, 0) is 6.42 Å². The van der Waals surface area contributed by atoms with Crippen molar-refractivity contribution in [1.29, 1.82) is 0 Å². The molecule has 0 heterocycles. The molecule has 1 heteroatoms. The molecule has 0 aliphatic heterocycles. The molecule has 0 saturated carbocycles. The van der Waals surface area contributed by atoms with Gasteiger partial charge in [0.05, 0.1) is 0 Å². The largest absolute Gasteiger partial charge is 0.136 e. The third-order valence-electron chi connectivity index (χ3n) is 0.864. The van der Waals surface area contributed by atoms with Gasteiger partial charge in [0.25, 0.3) is 0 Å². The van der Waals surface area contributed by atoms with Crippen LogP contribution < -0.4 is 0 Å². The topological polar surface area (TPSA) is 0 Å². The summed E-state index contributed by atoms with van der Waals surface area (Å²) in [4.78, 5) is 0.